The van der Waals surface area contributed by atoms with Crippen LogP contribution in [0.1, 0.15) is 11.3 Å². The molecule has 0 unspecified atom stereocenters. The van der Waals surface area contributed by atoms with Crippen LogP contribution in [-0.2, 0) is 22.3 Å². The summed E-state index contributed by atoms with van der Waals surface area (Å²) in [5, 5.41) is 12.4. The predicted molar refractivity (Wildman–Crippen MR) is 71.1 cm³/mol. The molecule has 23 heavy (non-hydrogen) atoms. The Bertz CT molecular complexity index is 647. The van der Waals surface area contributed by atoms with Gasteiger partial charge in [-0.3, -0.25) is 14.6 Å². The lowest BCUT2D eigenvalue weighted by Gasteiger charge is -2.22. The topological polar surface area (TPSA) is 82.5 Å². The van der Waals surface area contributed by atoms with Gasteiger partial charge in [0.2, 0.25) is 5.91 Å². The van der Waals surface area contributed by atoms with Crippen molar-refractivity contribution in [2.75, 3.05) is 19.6 Å². The van der Waals surface area contributed by atoms with Crippen molar-refractivity contribution in [2.24, 2.45) is 11.3 Å². The van der Waals surface area contributed by atoms with Gasteiger partial charge in [-0.2, -0.15) is 13.2 Å². The summed E-state index contributed by atoms with van der Waals surface area (Å²) in [5.41, 5.74) is -1.73. The van der Waals surface area contributed by atoms with Crippen molar-refractivity contribution in [2.45, 2.75) is 12.7 Å². The summed E-state index contributed by atoms with van der Waals surface area (Å²) in [6.07, 6.45) is -3.45. The van der Waals surface area contributed by atoms with Crippen LogP contribution in [-0.4, -0.2) is 46.5 Å². The number of pyridine rings is 1. The molecular formula is C14H14F3N3O3. The third-order valence-electron chi connectivity index (χ3n) is 4.45. The minimum Gasteiger partial charge on any atom is -0.481 e. The zero-order valence-electron chi connectivity index (χ0n) is 11.9. The maximum atomic E-state index is 12.5. The second-order valence-electron chi connectivity index (χ2n) is 5.89. The molecule has 0 saturated carbocycles. The van der Waals surface area contributed by atoms with E-state index in [0.717, 1.165) is 12.3 Å². The molecule has 2 aliphatic heterocycles. The number of amides is 1. The molecule has 0 radical (unpaired) electrons. The average molecular weight is 329 g/mol. The first-order chi connectivity index (χ1) is 10.7. The van der Waals surface area contributed by atoms with E-state index in [0.29, 0.717) is 12.1 Å². The maximum absolute atomic E-state index is 12.5. The van der Waals surface area contributed by atoms with Crippen molar-refractivity contribution in [3.8, 4) is 0 Å². The van der Waals surface area contributed by atoms with Gasteiger partial charge >= 0.3 is 12.1 Å². The zero-order valence-corrected chi connectivity index (χ0v) is 11.9. The number of hydrogen-bond acceptors (Lipinski definition) is 4. The number of aliphatic carboxylic acids is 1. The van der Waals surface area contributed by atoms with E-state index in [2.05, 4.69) is 10.3 Å². The summed E-state index contributed by atoms with van der Waals surface area (Å²) in [6, 6.07) is 2.11. The summed E-state index contributed by atoms with van der Waals surface area (Å²) in [7, 11) is 0. The highest BCUT2D eigenvalue weighted by atomic mass is 19.4. The van der Waals surface area contributed by atoms with E-state index >= 15 is 0 Å². The van der Waals surface area contributed by atoms with Gasteiger partial charge in [0.05, 0.1) is 5.92 Å². The van der Waals surface area contributed by atoms with Crippen LogP contribution in [0.3, 0.4) is 0 Å². The lowest BCUT2D eigenvalue weighted by Crippen LogP contribution is -2.40. The normalized spacial score (nSPS) is 27.3. The zero-order chi connectivity index (χ0) is 16.8. The van der Waals surface area contributed by atoms with Crippen LogP contribution in [0.15, 0.2) is 18.3 Å². The number of carbonyl (C=O) groups is 2. The molecule has 0 bridgehead atoms. The van der Waals surface area contributed by atoms with Gasteiger partial charge in [0.25, 0.3) is 0 Å². The van der Waals surface area contributed by atoms with Crippen molar-refractivity contribution in [3.63, 3.8) is 0 Å². The summed E-state index contributed by atoms with van der Waals surface area (Å²) in [6.45, 7) is 0.600. The molecule has 0 spiro atoms. The standard InChI is InChI=1S/C14H14F3N3O3/c15-14(16,17)10-2-1-8(3-19-10)5-20-7-13(12(22)23)6-18-4-9(13)11(20)21/h1-3,9,18H,4-7H2,(H,22,23)/t9-,13-/m0/s1. The molecule has 2 fully saturated rings. The minimum absolute atomic E-state index is 0.0415. The minimum atomic E-state index is -4.52. The molecule has 1 amide bonds. The SMILES string of the molecule is O=C1[C@@H]2CNC[C@]2(C(=O)O)CN1Cc1ccc(C(F)(F)F)nc1. The summed E-state index contributed by atoms with van der Waals surface area (Å²) in [4.78, 5) is 28.6. The van der Waals surface area contributed by atoms with Gasteiger partial charge in [-0.1, -0.05) is 6.07 Å². The molecule has 6 nitrogen and oxygen atoms in total. The number of carboxylic acids is 1. The van der Waals surface area contributed by atoms with E-state index < -0.39 is 29.2 Å². The first-order valence-electron chi connectivity index (χ1n) is 6.99. The van der Waals surface area contributed by atoms with Crippen LogP contribution < -0.4 is 5.32 Å². The fourth-order valence-electron chi connectivity index (χ4n) is 3.22. The van der Waals surface area contributed by atoms with E-state index in [1.165, 1.54) is 11.0 Å². The monoisotopic (exact) mass is 329 g/mol. The fourth-order valence-corrected chi connectivity index (χ4v) is 3.22. The number of rotatable bonds is 3. The number of aromatic nitrogens is 1. The number of carboxylic acid groups (broad SMARTS) is 1. The number of alkyl halides is 3. The van der Waals surface area contributed by atoms with E-state index in [-0.39, 0.29) is 25.5 Å². The Morgan fingerprint density at radius 3 is 2.74 bits per heavy atom. The van der Waals surface area contributed by atoms with Crippen LogP contribution in [0.2, 0.25) is 0 Å². The highest BCUT2D eigenvalue weighted by Gasteiger charge is 2.59. The quantitative estimate of drug-likeness (QED) is 0.854. The molecule has 0 aliphatic carbocycles. The fraction of sp³-hybridized carbons (Fsp3) is 0.500. The van der Waals surface area contributed by atoms with Crippen LogP contribution in [0.5, 0.6) is 0 Å². The van der Waals surface area contributed by atoms with Crippen LogP contribution >= 0.6 is 0 Å². The van der Waals surface area contributed by atoms with Gasteiger partial charge in [0, 0.05) is 32.4 Å². The molecule has 0 aromatic carbocycles. The van der Waals surface area contributed by atoms with Crippen LogP contribution in [0, 0.1) is 11.3 Å². The molecule has 9 heteroatoms. The Kier molecular flexibility index (Phi) is 3.55. The molecule has 3 heterocycles. The number of carbonyl (C=O) groups excluding carboxylic acids is 1. The second-order valence-corrected chi connectivity index (χ2v) is 5.89. The van der Waals surface area contributed by atoms with E-state index in [1.807, 2.05) is 0 Å². The summed E-state index contributed by atoms with van der Waals surface area (Å²) < 4.78 is 37.4. The largest absolute Gasteiger partial charge is 0.481 e. The maximum Gasteiger partial charge on any atom is 0.433 e. The van der Waals surface area contributed by atoms with Gasteiger partial charge in [-0.05, 0) is 11.6 Å². The average Bonchev–Trinajstić information content (AvgIpc) is 3.00. The summed E-state index contributed by atoms with van der Waals surface area (Å²) in [5.74, 6) is -1.96. The second kappa shape index (κ2) is 5.19. The first-order valence-corrected chi connectivity index (χ1v) is 6.99. The Morgan fingerprint density at radius 1 is 1.48 bits per heavy atom. The highest BCUT2D eigenvalue weighted by Crippen LogP contribution is 2.40. The van der Waals surface area contributed by atoms with Gasteiger partial charge in [-0.15, -0.1) is 0 Å². The van der Waals surface area contributed by atoms with Gasteiger partial charge in [0.1, 0.15) is 11.1 Å². The van der Waals surface area contributed by atoms with Crippen LogP contribution in [0.25, 0.3) is 0 Å². The third-order valence-corrected chi connectivity index (χ3v) is 4.45. The molecule has 3 rings (SSSR count). The predicted octanol–water partition coefficient (Wildman–Crippen LogP) is 0.733. The van der Waals surface area contributed by atoms with Crippen molar-refractivity contribution in [3.05, 3.63) is 29.6 Å². The molecule has 2 saturated heterocycles. The van der Waals surface area contributed by atoms with Crippen molar-refractivity contribution in [1.29, 1.82) is 0 Å². The number of fused-ring (bicyclic) bond motifs is 1. The van der Waals surface area contributed by atoms with Crippen LogP contribution in [0.4, 0.5) is 13.2 Å². The van der Waals surface area contributed by atoms with Gasteiger partial charge < -0.3 is 15.3 Å². The smallest absolute Gasteiger partial charge is 0.433 e. The Balaban J connectivity index is 1.77. The van der Waals surface area contributed by atoms with E-state index in [4.69, 9.17) is 0 Å². The lowest BCUT2D eigenvalue weighted by molar-refractivity contribution is -0.149. The van der Waals surface area contributed by atoms with E-state index in [1.54, 1.807) is 0 Å². The molecule has 1 aromatic heterocycles. The number of likely N-dealkylation sites (tertiary alicyclic amines) is 1. The van der Waals surface area contributed by atoms with Crippen molar-refractivity contribution in [1.82, 2.24) is 15.2 Å². The number of halogens is 3. The highest BCUT2D eigenvalue weighted by molar-refractivity contribution is 5.92. The molecule has 2 N–H and O–H groups in total. The first kappa shape index (κ1) is 15.7. The Labute approximate surface area is 129 Å². The van der Waals surface area contributed by atoms with E-state index in [9.17, 15) is 27.9 Å². The van der Waals surface area contributed by atoms with Crippen molar-refractivity contribution >= 4 is 11.9 Å². The van der Waals surface area contributed by atoms with Gasteiger partial charge in [0.15, 0.2) is 0 Å². The third kappa shape index (κ3) is 2.54. The summed E-state index contributed by atoms with van der Waals surface area (Å²) >= 11 is 0. The van der Waals surface area contributed by atoms with Crippen molar-refractivity contribution < 1.29 is 27.9 Å². The molecule has 124 valence electrons. The molecule has 2 aliphatic rings. The Morgan fingerprint density at radius 2 is 2.22 bits per heavy atom. The molecule has 2 atom stereocenters. The number of nitrogens with zero attached hydrogens (tertiary/aromatic N) is 2. The number of hydrogen-bond donors (Lipinski definition) is 2. The molecular weight excluding hydrogens is 315 g/mol. The lowest BCUT2D eigenvalue weighted by atomic mass is 9.81. The van der Waals surface area contributed by atoms with Gasteiger partial charge in [-0.25, -0.2) is 0 Å². The molecule has 1 aromatic rings. The Hall–Kier alpha value is -2.16. The number of nitrogens with one attached hydrogen (secondary N) is 1.